The Morgan fingerprint density at radius 1 is 1.00 bits per heavy atom. The number of hydrogen-bond acceptors (Lipinski definition) is 4. The Bertz CT molecular complexity index is 915. The van der Waals surface area contributed by atoms with Gasteiger partial charge < -0.3 is 15.5 Å². The van der Waals surface area contributed by atoms with E-state index in [2.05, 4.69) is 15.5 Å². The third kappa shape index (κ3) is 3.57. The topological polar surface area (TPSA) is 62.2 Å². The second kappa shape index (κ2) is 7.63. The molecule has 138 valence electrons. The second-order valence-electron chi connectivity index (χ2n) is 6.59. The number of carbonyl (C=O) groups excluding carboxylic acids is 1. The molecule has 3 aromatic rings. The monoisotopic (exact) mass is 361 g/mol. The van der Waals surface area contributed by atoms with Gasteiger partial charge in [-0.05, 0) is 31.2 Å². The number of nitrogens with one attached hydrogen (secondary N) is 2. The maximum Gasteiger partial charge on any atom is 0.278 e. The number of amides is 1. The van der Waals surface area contributed by atoms with E-state index in [-0.39, 0.29) is 5.91 Å². The molecule has 4 rings (SSSR count). The van der Waals surface area contributed by atoms with Crippen LogP contribution in [-0.4, -0.2) is 41.9 Å². The molecule has 2 heterocycles. The van der Waals surface area contributed by atoms with Gasteiger partial charge in [-0.15, -0.1) is 0 Å². The number of carbonyl (C=O) groups is 1. The normalized spacial score (nSPS) is 14.2. The maximum absolute atomic E-state index is 13.0. The third-order valence-electron chi connectivity index (χ3n) is 4.77. The fourth-order valence-electron chi connectivity index (χ4n) is 3.45. The Morgan fingerprint density at radius 2 is 1.63 bits per heavy atom. The molecule has 0 saturated carbocycles. The molecule has 0 spiro atoms. The van der Waals surface area contributed by atoms with Crippen LogP contribution in [-0.2, 0) is 0 Å². The lowest BCUT2D eigenvalue weighted by Crippen LogP contribution is -2.44. The summed E-state index contributed by atoms with van der Waals surface area (Å²) >= 11 is 0. The van der Waals surface area contributed by atoms with Gasteiger partial charge in [0.05, 0.1) is 17.1 Å². The van der Waals surface area contributed by atoms with Crippen LogP contribution in [0.2, 0.25) is 0 Å². The van der Waals surface area contributed by atoms with Crippen molar-refractivity contribution in [3.05, 3.63) is 72.1 Å². The molecule has 1 fully saturated rings. The summed E-state index contributed by atoms with van der Waals surface area (Å²) in [5, 5.41) is 11.0. The van der Waals surface area contributed by atoms with E-state index >= 15 is 0 Å². The average molecular weight is 361 g/mol. The van der Waals surface area contributed by atoms with Gasteiger partial charge >= 0.3 is 0 Å². The van der Waals surface area contributed by atoms with E-state index in [9.17, 15) is 4.79 Å². The van der Waals surface area contributed by atoms with E-state index in [1.54, 1.807) is 0 Å². The van der Waals surface area contributed by atoms with Crippen LogP contribution in [0, 0.1) is 6.92 Å². The van der Waals surface area contributed by atoms with Crippen LogP contribution in [0.1, 0.15) is 16.2 Å². The zero-order chi connectivity index (χ0) is 18.6. The van der Waals surface area contributed by atoms with E-state index < -0.39 is 0 Å². The lowest BCUT2D eigenvalue weighted by atomic mass is 10.2. The van der Waals surface area contributed by atoms with Gasteiger partial charge in [-0.25, -0.2) is 4.68 Å². The molecule has 2 N–H and O–H groups in total. The van der Waals surface area contributed by atoms with Crippen molar-refractivity contribution in [2.45, 2.75) is 6.92 Å². The van der Waals surface area contributed by atoms with E-state index in [4.69, 9.17) is 5.10 Å². The molecule has 6 heteroatoms. The number of piperazine rings is 1. The molecule has 0 aliphatic carbocycles. The molecule has 1 aliphatic heterocycles. The van der Waals surface area contributed by atoms with E-state index in [0.717, 1.165) is 48.9 Å². The van der Waals surface area contributed by atoms with E-state index in [1.165, 1.54) is 0 Å². The van der Waals surface area contributed by atoms with E-state index in [0.29, 0.717) is 5.69 Å². The highest BCUT2D eigenvalue weighted by molar-refractivity contribution is 6.07. The molecular formula is C21H23N5O. The summed E-state index contributed by atoms with van der Waals surface area (Å²) in [5.41, 5.74) is 4.06. The Morgan fingerprint density at radius 3 is 2.30 bits per heavy atom. The summed E-state index contributed by atoms with van der Waals surface area (Å²) in [5.74, 6) is -0.187. The van der Waals surface area contributed by atoms with Crippen molar-refractivity contribution < 1.29 is 4.79 Å². The Labute approximate surface area is 158 Å². The number of para-hydroxylation sites is 2. The molecule has 1 aromatic heterocycles. The predicted molar refractivity (Wildman–Crippen MR) is 108 cm³/mol. The maximum atomic E-state index is 13.0. The van der Waals surface area contributed by atoms with Crippen molar-refractivity contribution in [1.82, 2.24) is 15.1 Å². The molecule has 0 bridgehead atoms. The Balaban J connectivity index is 1.75. The number of anilines is 2. The van der Waals surface area contributed by atoms with Gasteiger partial charge in [-0.3, -0.25) is 4.79 Å². The first-order valence-corrected chi connectivity index (χ1v) is 9.21. The summed E-state index contributed by atoms with van der Waals surface area (Å²) in [6, 6.07) is 19.4. The Kier molecular flexibility index (Phi) is 4.89. The fourth-order valence-corrected chi connectivity index (χ4v) is 3.45. The van der Waals surface area contributed by atoms with Gasteiger partial charge in [0.1, 0.15) is 0 Å². The first-order valence-electron chi connectivity index (χ1n) is 9.21. The van der Waals surface area contributed by atoms with Crippen molar-refractivity contribution in [1.29, 1.82) is 0 Å². The van der Waals surface area contributed by atoms with Crippen molar-refractivity contribution in [3.8, 4) is 5.69 Å². The second-order valence-corrected chi connectivity index (χ2v) is 6.59. The number of benzene rings is 2. The Hall–Kier alpha value is -3.12. The molecule has 27 heavy (non-hydrogen) atoms. The first-order chi connectivity index (χ1) is 13.2. The molecule has 1 saturated heterocycles. The zero-order valence-electron chi connectivity index (χ0n) is 15.4. The van der Waals surface area contributed by atoms with Crippen molar-refractivity contribution in [2.75, 3.05) is 36.4 Å². The number of hydrogen-bond donors (Lipinski definition) is 2. The lowest BCUT2D eigenvalue weighted by Gasteiger charge is -2.29. The summed E-state index contributed by atoms with van der Waals surface area (Å²) in [6.07, 6.45) is 0. The third-order valence-corrected chi connectivity index (χ3v) is 4.77. The summed E-state index contributed by atoms with van der Waals surface area (Å²) in [6.45, 7) is 5.53. The molecule has 6 nitrogen and oxygen atoms in total. The smallest absolute Gasteiger partial charge is 0.278 e. The van der Waals surface area contributed by atoms with Crippen LogP contribution < -0.4 is 15.5 Å². The highest BCUT2D eigenvalue weighted by Crippen LogP contribution is 2.28. The molecule has 0 radical (unpaired) electrons. The van der Waals surface area contributed by atoms with Crippen LogP contribution in [0.25, 0.3) is 5.69 Å². The minimum Gasteiger partial charge on any atom is -0.366 e. The molecule has 1 aliphatic rings. The number of aromatic nitrogens is 2. The first kappa shape index (κ1) is 17.3. The van der Waals surface area contributed by atoms with Gasteiger partial charge in [-0.1, -0.05) is 36.4 Å². The van der Waals surface area contributed by atoms with Crippen molar-refractivity contribution >= 4 is 17.3 Å². The van der Waals surface area contributed by atoms with Crippen LogP contribution in [0.5, 0.6) is 0 Å². The zero-order valence-corrected chi connectivity index (χ0v) is 15.4. The molecule has 0 unspecified atom stereocenters. The van der Waals surface area contributed by atoms with Gasteiger partial charge in [0.15, 0.2) is 5.69 Å². The molecule has 1 amide bonds. The van der Waals surface area contributed by atoms with Gasteiger partial charge in [-0.2, -0.15) is 5.10 Å². The quantitative estimate of drug-likeness (QED) is 0.750. The standard InChI is InChI=1S/C21H23N5O/c1-16-20(25-14-12-22-13-15-25)19(21(27)23-17-8-4-2-5-9-17)24-26(16)18-10-6-3-7-11-18/h2-11,22H,12-15H2,1H3,(H,23,27). The highest BCUT2D eigenvalue weighted by atomic mass is 16.2. The summed E-state index contributed by atoms with van der Waals surface area (Å²) in [7, 11) is 0. The highest BCUT2D eigenvalue weighted by Gasteiger charge is 2.26. The predicted octanol–water partition coefficient (Wildman–Crippen LogP) is 2.84. The number of nitrogens with zero attached hydrogens (tertiary/aromatic N) is 3. The molecular weight excluding hydrogens is 338 g/mol. The summed E-state index contributed by atoms with van der Waals surface area (Å²) in [4.78, 5) is 15.3. The minimum atomic E-state index is -0.187. The van der Waals surface area contributed by atoms with Crippen LogP contribution in [0.15, 0.2) is 60.7 Å². The van der Waals surface area contributed by atoms with Crippen LogP contribution in [0.4, 0.5) is 11.4 Å². The van der Waals surface area contributed by atoms with Crippen molar-refractivity contribution in [2.24, 2.45) is 0 Å². The number of rotatable bonds is 4. The van der Waals surface area contributed by atoms with Gasteiger partial charge in [0.25, 0.3) is 5.91 Å². The van der Waals surface area contributed by atoms with Gasteiger partial charge in [0.2, 0.25) is 0 Å². The molecule has 2 aromatic carbocycles. The van der Waals surface area contributed by atoms with Crippen molar-refractivity contribution in [3.63, 3.8) is 0 Å². The van der Waals surface area contributed by atoms with Crippen LogP contribution >= 0.6 is 0 Å². The average Bonchev–Trinajstić information content (AvgIpc) is 3.07. The molecule has 0 atom stereocenters. The van der Waals surface area contributed by atoms with Gasteiger partial charge in [0, 0.05) is 31.9 Å². The SMILES string of the molecule is Cc1c(N2CCNCC2)c(C(=O)Nc2ccccc2)nn1-c1ccccc1. The fraction of sp³-hybridized carbons (Fsp3) is 0.238. The minimum absolute atomic E-state index is 0.187. The summed E-state index contributed by atoms with van der Waals surface area (Å²) < 4.78 is 1.86. The largest absolute Gasteiger partial charge is 0.366 e. The van der Waals surface area contributed by atoms with Crippen LogP contribution in [0.3, 0.4) is 0 Å². The van der Waals surface area contributed by atoms with E-state index in [1.807, 2.05) is 72.3 Å². The lowest BCUT2D eigenvalue weighted by molar-refractivity contribution is 0.102.